The van der Waals surface area contributed by atoms with E-state index in [1.807, 2.05) is 17.4 Å². The number of aromatic nitrogens is 4. The van der Waals surface area contributed by atoms with Crippen LogP contribution in [0.1, 0.15) is 0 Å². The number of benzene rings is 10. The van der Waals surface area contributed by atoms with E-state index in [4.69, 9.17) is 15.0 Å². The molecule has 0 aliphatic rings. The van der Waals surface area contributed by atoms with E-state index in [0.717, 1.165) is 60.6 Å². The summed E-state index contributed by atoms with van der Waals surface area (Å²) in [5.41, 5.74) is 8.54. The average Bonchev–Trinajstić information content (AvgIpc) is 3.90. The van der Waals surface area contributed by atoms with Crippen LogP contribution in [0, 0.1) is 0 Å². The second-order valence-corrected chi connectivity index (χ2v) is 17.0. The number of para-hydroxylation sites is 1. The highest BCUT2D eigenvalue weighted by molar-refractivity contribution is 7.25. The van der Waals surface area contributed by atoms with E-state index in [1.54, 1.807) is 0 Å². The number of hydrogen-bond donors (Lipinski definition) is 0. The van der Waals surface area contributed by atoms with Crippen LogP contribution in [0.5, 0.6) is 0 Å². The largest absolute Gasteiger partial charge is 0.277 e. The minimum absolute atomic E-state index is 0.570. The first kappa shape index (κ1) is 34.8. The molecule has 3 aromatic heterocycles. The molecule has 0 aliphatic carbocycles. The Labute approximate surface area is 360 Å². The third kappa shape index (κ3) is 5.42. The zero-order chi connectivity index (χ0) is 40.7. The molecule has 0 atom stereocenters. The van der Waals surface area contributed by atoms with Gasteiger partial charge in [-0.25, -0.2) is 4.98 Å². The minimum atomic E-state index is 0.570. The summed E-state index contributed by atoms with van der Waals surface area (Å²) in [4.78, 5) is 16.2. The van der Waals surface area contributed by atoms with Gasteiger partial charge in [0.05, 0.1) is 11.0 Å². The quantitative estimate of drug-likeness (QED) is 0.163. The molecule has 0 saturated heterocycles. The van der Waals surface area contributed by atoms with Crippen molar-refractivity contribution in [1.29, 1.82) is 0 Å². The monoisotopic (exact) mass is 806 g/mol. The number of hydrogen-bond acceptors (Lipinski definition) is 4. The van der Waals surface area contributed by atoms with E-state index in [2.05, 4.69) is 205 Å². The molecule has 0 bridgehead atoms. The molecule has 0 N–H and O–H groups in total. The first-order valence-electron chi connectivity index (χ1n) is 20.9. The predicted molar refractivity (Wildman–Crippen MR) is 261 cm³/mol. The molecule has 13 rings (SSSR count). The van der Waals surface area contributed by atoms with Crippen molar-refractivity contribution in [1.82, 2.24) is 19.5 Å². The van der Waals surface area contributed by atoms with Crippen LogP contribution in [0.15, 0.2) is 206 Å². The molecule has 0 fully saturated rings. The Morgan fingerprint density at radius 1 is 0.323 bits per heavy atom. The number of fused-ring (bicyclic) bond motifs is 12. The van der Waals surface area contributed by atoms with Crippen molar-refractivity contribution in [3.8, 4) is 51.0 Å². The van der Waals surface area contributed by atoms with Gasteiger partial charge in [-0.2, -0.15) is 9.97 Å². The molecular weight excluding hydrogens is 773 g/mol. The van der Waals surface area contributed by atoms with Gasteiger partial charge in [0.15, 0.2) is 11.6 Å². The third-order valence-electron chi connectivity index (χ3n) is 12.4. The van der Waals surface area contributed by atoms with Crippen molar-refractivity contribution >= 4 is 85.6 Å². The van der Waals surface area contributed by atoms with Gasteiger partial charge in [-0.15, -0.1) is 11.3 Å². The summed E-state index contributed by atoms with van der Waals surface area (Å²) in [7, 11) is 0. The molecule has 0 saturated carbocycles. The van der Waals surface area contributed by atoms with Crippen molar-refractivity contribution < 1.29 is 0 Å². The van der Waals surface area contributed by atoms with E-state index in [9.17, 15) is 0 Å². The maximum absolute atomic E-state index is 5.49. The van der Waals surface area contributed by atoms with Crippen LogP contribution < -0.4 is 0 Å². The number of nitrogens with zero attached hydrogens (tertiary/aromatic N) is 4. The Hall–Kier alpha value is -7.99. The molecule has 0 unspecified atom stereocenters. The molecule has 10 aromatic carbocycles. The van der Waals surface area contributed by atoms with Crippen molar-refractivity contribution in [2.75, 3.05) is 0 Å². The molecule has 288 valence electrons. The van der Waals surface area contributed by atoms with Gasteiger partial charge in [-0.1, -0.05) is 182 Å². The number of thiophene rings is 1. The summed E-state index contributed by atoms with van der Waals surface area (Å²) in [5.74, 6) is 1.80. The highest BCUT2D eigenvalue weighted by atomic mass is 32.1. The van der Waals surface area contributed by atoms with E-state index in [0.29, 0.717) is 17.6 Å². The van der Waals surface area contributed by atoms with Gasteiger partial charge in [0, 0.05) is 53.0 Å². The molecule has 62 heavy (non-hydrogen) atoms. The van der Waals surface area contributed by atoms with E-state index in [1.165, 1.54) is 47.1 Å². The van der Waals surface area contributed by atoms with Gasteiger partial charge in [-0.05, 0) is 67.9 Å². The van der Waals surface area contributed by atoms with Crippen LogP contribution >= 0.6 is 11.3 Å². The Morgan fingerprint density at radius 3 is 1.73 bits per heavy atom. The lowest BCUT2D eigenvalue weighted by molar-refractivity contribution is 0.956. The van der Waals surface area contributed by atoms with E-state index < -0.39 is 0 Å². The molecule has 5 heteroatoms. The highest BCUT2D eigenvalue weighted by Gasteiger charge is 2.24. The SMILES string of the molecule is c1ccc(-c2ccc(-c3nc(-c4ccc5ccccc5c4)nc(-n4c5c(-c6ccc7sc8ccccc8c7c6)cccc5c5c6ccccc6c6ccccc6c54)n3)cc2)cc1. The standard InChI is InChI=1S/C57H34N4S/c1-2-13-35(14-3-1)37-25-28-38(29-26-37)55-58-56(41-30-27-36-15-4-5-16-39(36)33-41)60-57(59-55)61-53-42(40-31-32-51-49(34-40)45-19-10-11-24-50(45)62-51)22-12-23-48(53)52-46-20-8-6-17-43(46)44-18-7-9-21-47(44)54(52)61/h1-34H. The maximum atomic E-state index is 5.49. The second-order valence-electron chi connectivity index (χ2n) is 15.9. The molecule has 4 nitrogen and oxygen atoms in total. The lowest BCUT2D eigenvalue weighted by atomic mass is 9.95. The summed E-state index contributed by atoms with van der Waals surface area (Å²) < 4.78 is 4.90. The fourth-order valence-corrected chi connectivity index (χ4v) is 10.6. The number of rotatable bonds is 5. The summed E-state index contributed by atoms with van der Waals surface area (Å²) in [6, 6.07) is 73.9. The normalized spacial score (nSPS) is 11.9. The second kappa shape index (κ2) is 13.8. The zero-order valence-corrected chi connectivity index (χ0v) is 34.1. The van der Waals surface area contributed by atoms with Gasteiger partial charge in [0.1, 0.15) is 0 Å². The van der Waals surface area contributed by atoms with Gasteiger partial charge < -0.3 is 0 Å². The third-order valence-corrected chi connectivity index (χ3v) is 13.6. The Bertz CT molecular complexity index is 3920. The van der Waals surface area contributed by atoms with Crippen LogP contribution in [0.25, 0.3) is 125 Å². The van der Waals surface area contributed by atoms with E-state index >= 15 is 0 Å². The van der Waals surface area contributed by atoms with Gasteiger partial charge in [0.2, 0.25) is 5.95 Å². The van der Waals surface area contributed by atoms with Crippen LogP contribution in [-0.4, -0.2) is 19.5 Å². The lowest BCUT2D eigenvalue weighted by Crippen LogP contribution is -2.07. The zero-order valence-electron chi connectivity index (χ0n) is 33.3. The van der Waals surface area contributed by atoms with Gasteiger partial charge in [0.25, 0.3) is 0 Å². The molecular formula is C57H34N4S. The van der Waals surface area contributed by atoms with Crippen LogP contribution in [-0.2, 0) is 0 Å². The smallest absolute Gasteiger partial charge is 0.238 e. The Kier molecular flexibility index (Phi) is 7.74. The van der Waals surface area contributed by atoms with Gasteiger partial charge in [-0.3, -0.25) is 4.57 Å². The minimum Gasteiger partial charge on any atom is -0.277 e. The molecule has 3 heterocycles. The summed E-state index contributed by atoms with van der Waals surface area (Å²) in [6.07, 6.45) is 0. The van der Waals surface area contributed by atoms with Gasteiger partial charge >= 0.3 is 0 Å². The molecule has 13 aromatic rings. The molecule has 0 aliphatic heterocycles. The molecule has 0 radical (unpaired) electrons. The van der Waals surface area contributed by atoms with Crippen molar-refractivity contribution in [2.45, 2.75) is 0 Å². The summed E-state index contributed by atoms with van der Waals surface area (Å²) in [5, 5.41) is 11.9. The first-order chi connectivity index (χ1) is 30.7. The highest BCUT2D eigenvalue weighted by Crippen LogP contribution is 2.46. The van der Waals surface area contributed by atoms with Crippen LogP contribution in [0.4, 0.5) is 0 Å². The van der Waals surface area contributed by atoms with Crippen LogP contribution in [0.3, 0.4) is 0 Å². The fraction of sp³-hybridized carbons (Fsp3) is 0. The first-order valence-corrected chi connectivity index (χ1v) is 21.7. The lowest BCUT2D eigenvalue weighted by Gasteiger charge is -2.15. The van der Waals surface area contributed by atoms with Crippen molar-refractivity contribution in [3.63, 3.8) is 0 Å². The molecule has 0 spiro atoms. The summed E-state index contributed by atoms with van der Waals surface area (Å²) >= 11 is 1.84. The average molecular weight is 807 g/mol. The maximum Gasteiger partial charge on any atom is 0.238 e. The van der Waals surface area contributed by atoms with Crippen molar-refractivity contribution in [2.24, 2.45) is 0 Å². The van der Waals surface area contributed by atoms with Crippen LogP contribution in [0.2, 0.25) is 0 Å². The fourth-order valence-electron chi connectivity index (χ4n) is 9.55. The van der Waals surface area contributed by atoms with Crippen molar-refractivity contribution in [3.05, 3.63) is 206 Å². The topological polar surface area (TPSA) is 43.6 Å². The Morgan fingerprint density at radius 2 is 0.903 bits per heavy atom. The Balaban J connectivity index is 1.15. The van der Waals surface area contributed by atoms with E-state index in [-0.39, 0.29) is 0 Å². The summed E-state index contributed by atoms with van der Waals surface area (Å²) in [6.45, 7) is 0. The predicted octanol–water partition coefficient (Wildman–Crippen LogP) is 15.5. The molecule has 0 amide bonds.